The van der Waals surface area contributed by atoms with Gasteiger partial charge in [-0.1, -0.05) is 25.8 Å². The van der Waals surface area contributed by atoms with Crippen LogP contribution in [0.3, 0.4) is 0 Å². The predicted octanol–water partition coefficient (Wildman–Crippen LogP) is 2.38. The van der Waals surface area contributed by atoms with Gasteiger partial charge in [-0.15, -0.1) is 0 Å². The van der Waals surface area contributed by atoms with Crippen LogP contribution in [0.1, 0.15) is 38.2 Å². The molecule has 1 aliphatic heterocycles. The summed E-state index contributed by atoms with van der Waals surface area (Å²) in [6, 6.07) is 4.03. The van der Waals surface area contributed by atoms with Crippen LogP contribution in [0.5, 0.6) is 0 Å². The quantitative estimate of drug-likeness (QED) is 0.620. The van der Waals surface area contributed by atoms with Crippen molar-refractivity contribution in [3.8, 4) is 0 Å². The normalized spacial score (nSPS) is 17.9. The van der Waals surface area contributed by atoms with Crippen molar-refractivity contribution in [3.63, 3.8) is 0 Å². The van der Waals surface area contributed by atoms with Crippen molar-refractivity contribution in [1.82, 2.24) is 9.88 Å². The van der Waals surface area contributed by atoms with E-state index in [1.54, 1.807) is 0 Å². The summed E-state index contributed by atoms with van der Waals surface area (Å²) in [4.78, 5) is 6.77. The molecule has 0 aromatic carbocycles. The molecule has 1 saturated heterocycles. The van der Waals surface area contributed by atoms with Crippen LogP contribution in [0.15, 0.2) is 18.3 Å². The molecule has 2 rings (SSSR count). The third-order valence-electron chi connectivity index (χ3n) is 3.78. The Balaban J connectivity index is 1.80. The minimum Gasteiger partial charge on any atom is -0.308 e. The minimum atomic E-state index is 0.723. The Morgan fingerprint density at radius 3 is 2.72 bits per heavy atom. The minimum absolute atomic E-state index is 0.723. The monoisotopic (exact) mass is 248 g/mol. The first-order valence-corrected chi connectivity index (χ1v) is 6.95. The lowest BCUT2D eigenvalue weighted by atomic mass is 9.92. The van der Waals surface area contributed by atoms with Crippen LogP contribution in [-0.4, -0.2) is 23.0 Å². The summed E-state index contributed by atoms with van der Waals surface area (Å²) >= 11 is 0. The fourth-order valence-corrected chi connectivity index (χ4v) is 2.70. The van der Waals surface area contributed by atoms with Crippen molar-refractivity contribution in [3.05, 3.63) is 23.9 Å². The molecule has 4 heteroatoms. The first-order chi connectivity index (χ1) is 8.81. The van der Waals surface area contributed by atoms with E-state index in [2.05, 4.69) is 28.3 Å². The van der Waals surface area contributed by atoms with Crippen LogP contribution < -0.4 is 11.3 Å². The summed E-state index contributed by atoms with van der Waals surface area (Å²) in [5.74, 6) is 6.98. The van der Waals surface area contributed by atoms with Gasteiger partial charge < -0.3 is 5.43 Å². The molecule has 1 aromatic heterocycles. The largest absolute Gasteiger partial charge is 0.308 e. The summed E-state index contributed by atoms with van der Waals surface area (Å²) in [5.41, 5.74) is 3.82. The van der Waals surface area contributed by atoms with E-state index in [9.17, 15) is 0 Å². The first kappa shape index (κ1) is 13.3. The van der Waals surface area contributed by atoms with Gasteiger partial charge in [-0.05, 0) is 43.5 Å². The number of anilines is 1. The summed E-state index contributed by atoms with van der Waals surface area (Å²) in [5, 5.41) is 0. The molecule has 3 N–H and O–H groups in total. The third-order valence-corrected chi connectivity index (χ3v) is 3.78. The van der Waals surface area contributed by atoms with Crippen molar-refractivity contribution >= 4 is 5.82 Å². The average Bonchev–Trinajstić information content (AvgIpc) is 2.42. The van der Waals surface area contributed by atoms with Gasteiger partial charge >= 0.3 is 0 Å². The molecule has 100 valence electrons. The molecule has 0 amide bonds. The van der Waals surface area contributed by atoms with Crippen LogP contribution in [0.4, 0.5) is 5.82 Å². The van der Waals surface area contributed by atoms with Gasteiger partial charge in [0.15, 0.2) is 0 Å². The van der Waals surface area contributed by atoms with Crippen molar-refractivity contribution in [2.24, 2.45) is 11.8 Å². The van der Waals surface area contributed by atoms with Gasteiger partial charge in [-0.2, -0.15) is 0 Å². The Labute approximate surface area is 110 Å². The number of hydrazine groups is 1. The number of nitrogens with zero attached hydrogens (tertiary/aromatic N) is 2. The van der Waals surface area contributed by atoms with Crippen LogP contribution >= 0.6 is 0 Å². The molecule has 2 heterocycles. The van der Waals surface area contributed by atoms with E-state index in [-0.39, 0.29) is 0 Å². The Hall–Kier alpha value is -1.13. The summed E-state index contributed by atoms with van der Waals surface area (Å²) in [6.45, 7) is 5.74. The molecular weight excluding hydrogens is 224 g/mol. The Kier molecular flexibility index (Phi) is 4.96. The fourth-order valence-electron chi connectivity index (χ4n) is 2.70. The highest BCUT2D eigenvalue weighted by molar-refractivity contribution is 5.33. The van der Waals surface area contributed by atoms with Crippen LogP contribution in [0, 0.1) is 5.92 Å². The SMILES string of the molecule is CCCC1CCN(Cc2ccc(NN)nc2)CC1. The lowest BCUT2D eigenvalue weighted by Gasteiger charge is -2.31. The molecule has 0 atom stereocenters. The highest BCUT2D eigenvalue weighted by Gasteiger charge is 2.18. The number of hydrogen-bond acceptors (Lipinski definition) is 4. The van der Waals surface area contributed by atoms with Crippen molar-refractivity contribution in [2.45, 2.75) is 39.2 Å². The molecule has 18 heavy (non-hydrogen) atoms. The van der Waals surface area contributed by atoms with Crippen molar-refractivity contribution in [1.29, 1.82) is 0 Å². The van der Waals surface area contributed by atoms with Crippen molar-refractivity contribution in [2.75, 3.05) is 18.5 Å². The number of nitrogens with two attached hydrogens (primary N) is 1. The van der Waals surface area contributed by atoms with Gasteiger partial charge in [0.25, 0.3) is 0 Å². The molecule has 1 aromatic rings. The van der Waals surface area contributed by atoms with Gasteiger partial charge in [0.2, 0.25) is 0 Å². The molecular formula is C14H24N4. The standard InChI is InChI=1S/C14H24N4/c1-2-3-12-6-8-18(9-7-12)11-13-4-5-14(17-15)16-10-13/h4-5,10,12H,2-3,6-9,11,15H2,1H3,(H,16,17). The maximum atomic E-state index is 5.30. The molecule has 0 bridgehead atoms. The maximum Gasteiger partial charge on any atom is 0.139 e. The van der Waals surface area contributed by atoms with E-state index in [1.165, 1.54) is 44.3 Å². The lowest BCUT2D eigenvalue weighted by Crippen LogP contribution is -2.33. The number of pyridine rings is 1. The Morgan fingerprint density at radius 1 is 1.39 bits per heavy atom. The second-order valence-electron chi connectivity index (χ2n) is 5.20. The molecule has 1 fully saturated rings. The Morgan fingerprint density at radius 2 is 2.17 bits per heavy atom. The first-order valence-electron chi connectivity index (χ1n) is 6.95. The zero-order valence-electron chi connectivity index (χ0n) is 11.2. The number of nitrogen functional groups attached to an aromatic ring is 1. The number of piperidine rings is 1. The second kappa shape index (κ2) is 6.71. The van der Waals surface area contributed by atoms with E-state index in [1.807, 2.05) is 12.3 Å². The molecule has 0 saturated carbocycles. The van der Waals surface area contributed by atoms with Gasteiger partial charge in [-0.25, -0.2) is 10.8 Å². The second-order valence-corrected chi connectivity index (χ2v) is 5.20. The number of rotatable bonds is 5. The number of aromatic nitrogens is 1. The zero-order chi connectivity index (χ0) is 12.8. The molecule has 4 nitrogen and oxygen atoms in total. The molecule has 0 radical (unpaired) electrons. The highest BCUT2D eigenvalue weighted by Crippen LogP contribution is 2.22. The van der Waals surface area contributed by atoms with Crippen LogP contribution in [0.2, 0.25) is 0 Å². The number of nitrogens with one attached hydrogen (secondary N) is 1. The predicted molar refractivity (Wildman–Crippen MR) is 75.0 cm³/mol. The fraction of sp³-hybridized carbons (Fsp3) is 0.643. The summed E-state index contributed by atoms with van der Waals surface area (Å²) in [7, 11) is 0. The smallest absolute Gasteiger partial charge is 0.139 e. The summed E-state index contributed by atoms with van der Waals surface area (Å²) < 4.78 is 0. The average molecular weight is 248 g/mol. The van der Waals surface area contributed by atoms with Crippen molar-refractivity contribution < 1.29 is 0 Å². The zero-order valence-corrected chi connectivity index (χ0v) is 11.2. The van der Waals surface area contributed by atoms with Gasteiger partial charge in [-0.3, -0.25) is 4.90 Å². The van der Waals surface area contributed by atoms with E-state index in [0.29, 0.717) is 0 Å². The highest BCUT2D eigenvalue weighted by atomic mass is 15.2. The lowest BCUT2D eigenvalue weighted by molar-refractivity contribution is 0.171. The third kappa shape index (κ3) is 3.68. The number of likely N-dealkylation sites (tertiary alicyclic amines) is 1. The molecule has 1 aliphatic rings. The van der Waals surface area contributed by atoms with E-state index >= 15 is 0 Å². The summed E-state index contributed by atoms with van der Waals surface area (Å²) in [6.07, 6.45) is 7.33. The molecule has 0 spiro atoms. The Bertz CT molecular complexity index is 341. The van der Waals surface area contributed by atoms with Gasteiger partial charge in [0.05, 0.1) is 0 Å². The van der Waals surface area contributed by atoms with Crippen LogP contribution in [0.25, 0.3) is 0 Å². The molecule has 0 unspecified atom stereocenters. The van der Waals surface area contributed by atoms with E-state index in [0.717, 1.165) is 18.3 Å². The van der Waals surface area contributed by atoms with Gasteiger partial charge in [0, 0.05) is 12.7 Å². The van der Waals surface area contributed by atoms with Gasteiger partial charge in [0.1, 0.15) is 5.82 Å². The van der Waals surface area contributed by atoms with E-state index in [4.69, 9.17) is 5.84 Å². The maximum absolute atomic E-state index is 5.30. The number of hydrogen-bond donors (Lipinski definition) is 2. The topological polar surface area (TPSA) is 54.2 Å². The van der Waals surface area contributed by atoms with Crippen LogP contribution in [-0.2, 0) is 6.54 Å². The molecule has 0 aliphatic carbocycles. The van der Waals surface area contributed by atoms with E-state index < -0.39 is 0 Å².